The largest absolute Gasteiger partial charge is 0.481 e. The van der Waals surface area contributed by atoms with Gasteiger partial charge in [0.2, 0.25) is 11.8 Å². The molecule has 1 aromatic rings. The maximum Gasteiger partial charge on any atom is 0.308 e. The molecule has 0 radical (unpaired) electrons. The summed E-state index contributed by atoms with van der Waals surface area (Å²) in [5.74, 6) is -2.72. The average molecular weight is 399 g/mol. The lowest BCUT2D eigenvalue weighted by Crippen LogP contribution is -2.49. The minimum atomic E-state index is -0.899. The van der Waals surface area contributed by atoms with Crippen molar-refractivity contribution in [1.29, 1.82) is 0 Å². The summed E-state index contributed by atoms with van der Waals surface area (Å²) in [4.78, 5) is 40.0. The summed E-state index contributed by atoms with van der Waals surface area (Å²) in [5, 5.41) is 10.0. The van der Waals surface area contributed by atoms with Crippen molar-refractivity contribution in [3.8, 4) is 0 Å². The number of hydrogen-bond donors (Lipinski definition) is 1. The minimum absolute atomic E-state index is 0.0940. The van der Waals surface area contributed by atoms with E-state index in [1.54, 1.807) is 18.2 Å². The van der Waals surface area contributed by atoms with Gasteiger partial charge in [-0.05, 0) is 37.0 Å². The van der Waals surface area contributed by atoms with E-state index in [1.165, 1.54) is 9.80 Å². The van der Waals surface area contributed by atoms with Crippen molar-refractivity contribution in [3.05, 3.63) is 28.2 Å². The van der Waals surface area contributed by atoms with Crippen LogP contribution in [-0.4, -0.2) is 47.4 Å². The fourth-order valence-corrected chi connectivity index (χ4v) is 4.04. The van der Waals surface area contributed by atoms with E-state index < -0.39 is 17.8 Å². The molecule has 140 valence electrons. The molecule has 3 atom stereocenters. The highest BCUT2D eigenvalue weighted by Crippen LogP contribution is 2.32. The first-order valence-electron chi connectivity index (χ1n) is 8.56. The molecule has 0 spiro atoms. The summed E-state index contributed by atoms with van der Waals surface area (Å²) in [5.41, 5.74) is 0.607. The van der Waals surface area contributed by atoms with Gasteiger partial charge < -0.3 is 14.9 Å². The van der Waals surface area contributed by atoms with Crippen LogP contribution < -0.4 is 4.90 Å². The fraction of sp³-hybridized carbons (Fsp3) is 0.500. The third kappa shape index (κ3) is 3.67. The number of rotatable bonds is 3. The second-order valence-corrected chi connectivity index (χ2v) is 7.86. The zero-order chi connectivity index (χ0) is 19.0. The van der Waals surface area contributed by atoms with Gasteiger partial charge in [-0.15, -0.1) is 0 Å². The molecule has 0 saturated carbocycles. The molecular formula is C18H20Cl2N2O4. The summed E-state index contributed by atoms with van der Waals surface area (Å²) in [6, 6.07) is 4.92. The average Bonchev–Trinajstić information content (AvgIpc) is 2.97. The van der Waals surface area contributed by atoms with Crippen LogP contribution in [0, 0.1) is 17.8 Å². The molecule has 2 heterocycles. The Bertz CT molecular complexity index is 755. The Labute approximate surface area is 161 Å². The number of aliphatic carboxylic acids is 1. The molecular weight excluding hydrogens is 379 g/mol. The van der Waals surface area contributed by atoms with Gasteiger partial charge in [-0.1, -0.05) is 30.1 Å². The van der Waals surface area contributed by atoms with E-state index in [4.69, 9.17) is 23.2 Å². The molecule has 3 unspecified atom stereocenters. The highest BCUT2D eigenvalue weighted by atomic mass is 35.5. The Hall–Kier alpha value is -1.79. The van der Waals surface area contributed by atoms with Gasteiger partial charge in [0.25, 0.3) is 0 Å². The van der Waals surface area contributed by atoms with Crippen LogP contribution in [-0.2, 0) is 14.4 Å². The number of benzene rings is 1. The lowest BCUT2D eigenvalue weighted by molar-refractivity contribution is -0.148. The van der Waals surface area contributed by atoms with Gasteiger partial charge in [0, 0.05) is 25.3 Å². The number of carboxylic acid groups (broad SMARTS) is 1. The van der Waals surface area contributed by atoms with Gasteiger partial charge in [-0.25, -0.2) is 0 Å². The molecule has 2 aliphatic rings. The van der Waals surface area contributed by atoms with E-state index in [1.807, 2.05) is 6.92 Å². The van der Waals surface area contributed by atoms with Crippen LogP contribution in [0.1, 0.15) is 19.8 Å². The molecule has 1 aromatic carbocycles. The lowest BCUT2D eigenvalue weighted by Gasteiger charge is -2.35. The number of hydrogen-bond acceptors (Lipinski definition) is 3. The standard InChI is InChI=1S/C18H20Cl2N2O4/c1-10-6-11(18(25)26)9-21(8-10)16(23)13-4-5-22(17(13)24)12-2-3-14(19)15(20)7-12/h2-3,7,10-11,13H,4-6,8-9H2,1H3,(H,25,26). The fourth-order valence-electron chi connectivity index (χ4n) is 3.75. The second-order valence-electron chi connectivity index (χ2n) is 7.05. The number of halogens is 2. The number of anilines is 1. The van der Waals surface area contributed by atoms with E-state index in [0.717, 1.165) is 0 Å². The van der Waals surface area contributed by atoms with Crippen molar-refractivity contribution in [2.24, 2.45) is 17.8 Å². The molecule has 6 nitrogen and oxygen atoms in total. The molecule has 2 aliphatic heterocycles. The molecule has 3 rings (SSSR count). The van der Waals surface area contributed by atoms with Crippen LogP contribution in [0.25, 0.3) is 0 Å². The van der Waals surface area contributed by atoms with E-state index in [9.17, 15) is 19.5 Å². The quantitative estimate of drug-likeness (QED) is 0.793. The smallest absolute Gasteiger partial charge is 0.308 e. The number of carboxylic acids is 1. The third-order valence-electron chi connectivity index (χ3n) is 5.04. The summed E-state index contributed by atoms with van der Waals surface area (Å²) in [7, 11) is 0. The maximum absolute atomic E-state index is 12.9. The molecule has 0 aromatic heterocycles. The molecule has 8 heteroatoms. The molecule has 2 saturated heterocycles. The van der Waals surface area contributed by atoms with E-state index in [0.29, 0.717) is 41.7 Å². The van der Waals surface area contributed by atoms with Gasteiger partial charge in [0.05, 0.1) is 16.0 Å². The highest BCUT2D eigenvalue weighted by molar-refractivity contribution is 6.42. The van der Waals surface area contributed by atoms with Gasteiger partial charge in [0.15, 0.2) is 0 Å². The summed E-state index contributed by atoms with van der Waals surface area (Å²) >= 11 is 11.9. The Morgan fingerprint density at radius 2 is 1.92 bits per heavy atom. The predicted octanol–water partition coefficient (Wildman–Crippen LogP) is 2.92. The first-order chi connectivity index (χ1) is 12.3. The third-order valence-corrected chi connectivity index (χ3v) is 5.78. The van der Waals surface area contributed by atoms with Crippen LogP contribution in [0.3, 0.4) is 0 Å². The first kappa shape index (κ1) is 19.0. The first-order valence-corrected chi connectivity index (χ1v) is 9.31. The lowest BCUT2D eigenvalue weighted by atomic mass is 9.89. The number of piperidine rings is 1. The summed E-state index contributed by atoms with van der Waals surface area (Å²) < 4.78 is 0. The van der Waals surface area contributed by atoms with Gasteiger partial charge >= 0.3 is 5.97 Å². The zero-order valence-corrected chi connectivity index (χ0v) is 15.8. The SMILES string of the molecule is CC1CC(C(=O)O)CN(C(=O)C2CCN(c3ccc(Cl)c(Cl)c3)C2=O)C1. The summed E-state index contributed by atoms with van der Waals surface area (Å²) in [6.07, 6.45) is 0.952. The van der Waals surface area contributed by atoms with Crippen LogP contribution in [0.15, 0.2) is 18.2 Å². The number of likely N-dealkylation sites (tertiary alicyclic amines) is 1. The van der Waals surface area contributed by atoms with Crippen molar-refractivity contribution in [3.63, 3.8) is 0 Å². The summed E-state index contributed by atoms with van der Waals surface area (Å²) in [6.45, 7) is 2.99. The van der Waals surface area contributed by atoms with Crippen molar-refractivity contribution >= 4 is 46.7 Å². The molecule has 1 N–H and O–H groups in total. The van der Waals surface area contributed by atoms with E-state index >= 15 is 0 Å². The Morgan fingerprint density at radius 1 is 1.19 bits per heavy atom. The van der Waals surface area contributed by atoms with Gasteiger partial charge in [-0.3, -0.25) is 14.4 Å². The highest BCUT2D eigenvalue weighted by Gasteiger charge is 2.42. The van der Waals surface area contributed by atoms with Crippen LogP contribution in [0.5, 0.6) is 0 Å². The van der Waals surface area contributed by atoms with Gasteiger partial charge in [0.1, 0.15) is 5.92 Å². The topological polar surface area (TPSA) is 77.9 Å². The van der Waals surface area contributed by atoms with Crippen LogP contribution in [0.4, 0.5) is 5.69 Å². The van der Waals surface area contributed by atoms with Crippen molar-refractivity contribution in [2.75, 3.05) is 24.5 Å². The van der Waals surface area contributed by atoms with E-state index in [-0.39, 0.29) is 24.3 Å². The second kappa shape index (κ2) is 7.45. The van der Waals surface area contributed by atoms with Crippen LogP contribution in [0.2, 0.25) is 10.0 Å². The molecule has 26 heavy (non-hydrogen) atoms. The maximum atomic E-state index is 12.9. The van der Waals surface area contributed by atoms with Gasteiger partial charge in [-0.2, -0.15) is 0 Å². The molecule has 0 aliphatic carbocycles. The number of amides is 2. The zero-order valence-electron chi connectivity index (χ0n) is 14.3. The number of carbonyl (C=O) groups is 3. The molecule has 2 amide bonds. The van der Waals surface area contributed by atoms with Crippen molar-refractivity contribution in [1.82, 2.24) is 4.90 Å². The monoisotopic (exact) mass is 398 g/mol. The molecule has 0 bridgehead atoms. The predicted molar refractivity (Wildman–Crippen MR) is 98.4 cm³/mol. The normalized spacial score (nSPS) is 26.3. The Kier molecular flexibility index (Phi) is 5.44. The number of carbonyl (C=O) groups excluding carboxylic acids is 2. The van der Waals surface area contributed by atoms with Crippen LogP contribution >= 0.6 is 23.2 Å². The van der Waals surface area contributed by atoms with Crippen molar-refractivity contribution < 1.29 is 19.5 Å². The number of nitrogens with zero attached hydrogens (tertiary/aromatic N) is 2. The Balaban J connectivity index is 1.74. The minimum Gasteiger partial charge on any atom is -0.481 e. The van der Waals surface area contributed by atoms with E-state index in [2.05, 4.69) is 0 Å². The Morgan fingerprint density at radius 3 is 2.58 bits per heavy atom. The van der Waals surface area contributed by atoms with Crippen molar-refractivity contribution in [2.45, 2.75) is 19.8 Å². The molecule has 2 fully saturated rings.